The van der Waals surface area contributed by atoms with E-state index in [0.717, 1.165) is 23.1 Å². The van der Waals surface area contributed by atoms with Crippen molar-refractivity contribution >= 4 is 15.0 Å². The Morgan fingerprint density at radius 3 is 2.33 bits per heavy atom. The topological polar surface area (TPSA) is 17.1 Å². The molecule has 0 saturated heterocycles. The van der Waals surface area contributed by atoms with Crippen LogP contribution in [0.5, 0.6) is 0 Å². The van der Waals surface area contributed by atoms with E-state index in [1.165, 1.54) is 0 Å². The molecule has 0 N–H and O–H groups in total. The van der Waals surface area contributed by atoms with Gasteiger partial charge in [-0.3, -0.25) is 4.79 Å². The Hall–Kier alpha value is -0.680. The Kier molecular flexibility index (Phi) is 4.47. The number of Topliss-reactive ketones (excluding diaryl/α,β-unsaturated/α-hetero) is 1. The Balaban J connectivity index is 2.82. The van der Waals surface area contributed by atoms with E-state index < -0.39 is 0 Å². The van der Waals surface area contributed by atoms with Gasteiger partial charge in [0.05, 0.1) is 0 Å². The van der Waals surface area contributed by atoms with Crippen molar-refractivity contribution in [2.45, 2.75) is 39.3 Å². The maximum absolute atomic E-state index is 12.0. The first kappa shape index (κ1) is 12.4. The van der Waals surface area contributed by atoms with Crippen molar-refractivity contribution in [1.29, 1.82) is 0 Å². The van der Waals surface area contributed by atoms with Crippen molar-refractivity contribution in [3.05, 3.63) is 34.9 Å². The van der Waals surface area contributed by atoms with E-state index in [1.54, 1.807) is 0 Å². The number of carbonyl (C=O) groups is 1. The summed E-state index contributed by atoms with van der Waals surface area (Å²) in [5, 5.41) is 0. The molecular formula is C13H19OP. The van der Waals surface area contributed by atoms with Crippen molar-refractivity contribution in [3.8, 4) is 0 Å². The van der Waals surface area contributed by atoms with Gasteiger partial charge in [0.1, 0.15) is 0 Å². The van der Waals surface area contributed by atoms with Gasteiger partial charge in [0.25, 0.3) is 0 Å². The van der Waals surface area contributed by atoms with E-state index in [1.807, 2.05) is 32.0 Å². The fraction of sp³-hybridized carbons (Fsp3) is 0.462. The van der Waals surface area contributed by atoms with Crippen LogP contribution in [0.3, 0.4) is 0 Å². The molecule has 0 fully saturated rings. The molecule has 0 aliphatic heterocycles. The predicted octanol–water partition coefficient (Wildman–Crippen LogP) is 3.53. The van der Waals surface area contributed by atoms with E-state index >= 15 is 0 Å². The summed E-state index contributed by atoms with van der Waals surface area (Å²) in [6, 6.07) is 6.01. The standard InChI is InChI=1S/C13H19OP/c1-9-5-4-6-10(2)13(9)12(14)8-7-11(3)15/h4-6,11H,7-8,15H2,1-3H3. The second-order valence-electron chi connectivity index (χ2n) is 4.21. The molecule has 0 aliphatic rings. The van der Waals surface area contributed by atoms with Crippen LogP contribution in [0, 0.1) is 13.8 Å². The molecule has 0 saturated carbocycles. The summed E-state index contributed by atoms with van der Waals surface area (Å²) < 4.78 is 0. The fourth-order valence-corrected chi connectivity index (χ4v) is 1.90. The van der Waals surface area contributed by atoms with Crippen LogP contribution in [-0.4, -0.2) is 11.4 Å². The molecule has 0 spiro atoms. The molecule has 1 nitrogen and oxygen atoms in total. The highest BCUT2D eigenvalue weighted by molar-refractivity contribution is 7.17. The highest BCUT2D eigenvalue weighted by Crippen LogP contribution is 2.17. The van der Waals surface area contributed by atoms with Gasteiger partial charge >= 0.3 is 0 Å². The van der Waals surface area contributed by atoms with Crippen LogP contribution in [0.1, 0.15) is 41.3 Å². The lowest BCUT2D eigenvalue weighted by atomic mass is 9.96. The van der Waals surface area contributed by atoms with Crippen LogP contribution in [0.2, 0.25) is 0 Å². The SMILES string of the molecule is Cc1cccc(C)c1C(=O)CCC(C)P. The molecule has 2 heteroatoms. The van der Waals surface area contributed by atoms with E-state index in [0.29, 0.717) is 12.1 Å². The lowest BCUT2D eigenvalue weighted by Crippen LogP contribution is -2.06. The first-order valence-corrected chi connectivity index (χ1v) is 6.04. The molecular weight excluding hydrogens is 203 g/mol. The van der Waals surface area contributed by atoms with E-state index in [9.17, 15) is 4.79 Å². The largest absolute Gasteiger partial charge is 0.294 e. The zero-order valence-electron chi connectivity index (χ0n) is 9.71. The van der Waals surface area contributed by atoms with Gasteiger partial charge in [-0.25, -0.2) is 0 Å². The molecule has 1 rings (SSSR count). The molecule has 15 heavy (non-hydrogen) atoms. The number of aryl methyl sites for hydroxylation is 2. The first-order chi connectivity index (χ1) is 7.02. The summed E-state index contributed by atoms with van der Waals surface area (Å²) in [6.45, 7) is 6.12. The van der Waals surface area contributed by atoms with Crippen LogP contribution < -0.4 is 0 Å². The third-order valence-corrected chi connectivity index (χ3v) is 2.92. The molecule has 0 bridgehead atoms. The quantitative estimate of drug-likeness (QED) is 0.562. The molecule has 0 aliphatic carbocycles. The molecule has 1 aromatic carbocycles. The summed E-state index contributed by atoms with van der Waals surface area (Å²) in [7, 11) is 2.73. The third-order valence-electron chi connectivity index (χ3n) is 2.59. The second kappa shape index (κ2) is 5.42. The Morgan fingerprint density at radius 1 is 1.33 bits per heavy atom. The summed E-state index contributed by atoms with van der Waals surface area (Å²) in [6.07, 6.45) is 1.59. The number of rotatable bonds is 4. The van der Waals surface area contributed by atoms with Crippen molar-refractivity contribution in [2.75, 3.05) is 0 Å². The highest BCUT2D eigenvalue weighted by Gasteiger charge is 2.11. The van der Waals surface area contributed by atoms with Crippen LogP contribution >= 0.6 is 9.24 Å². The molecule has 1 aromatic rings. The summed E-state index contributed by atoms with van der Waals surface area (Å²) in [5.74, 6) is 0.278. The summed E-state index contributed by atoms with van der Waals surface area (Å²) in [5.41, 5.74) is 3.62. The average Bonchev–Trinajstić information content (AvgIpc) is 2.14. The van der Waals surface area contributed by atoms with Crippen molar-refractivity contribution in [1.82, 2.24) is 0 Å². The van der Waals surface area contributed by atoms with Gasteiger partial charge in [-0.1, -0.05) is 25.1 Å². The maximum Gasteiger partial charge on any atom is 0.163 e. The van der Waals surface area contributed by atoms with Crippen molar-refractivity contribution < 1.29 is 4.79 Å². The van der Waals surface area contributed by atoms with Crippen LogP contribution in [0.25, 0.3) is 0 Å². The van der Waals surface area contributed by atoms with Crippen LogP contribution in [-0.2, 0) is 0 Å². The van der Waals surface area contributed by atoms with E-state index in [-0.39, 0.29) is 5.78 Å². The third kappa shape index (κ3) is 3.43. The Bertz CT molecular complexity index is 335. The smallest absolute Gasteiger partial charge is 0.163 e. The second-order valence-corrected chi connectivity index (χ2v) is 5.34. The number of hydrogen-bond donors (Lipinski definition) is 0. The van der Waals surface area contributed by atoms with Gasteiger partial charge < -0.3 is 0 Å². The molecule has 0 radical (unpaired) electrons. The van der Waals surface area contributed by atoms with E-state index in [4.69, 9.17) is 0 Å². The minimum absolute atomic E-state index is 0.278. The van der Waals surface area contributed by atoms with Gasteiger partial charge in [-0.05, 0) is 37.1 Å². The van der Waals surface area contributed by atoms with Gasteiger partial charge in [0.15, 0.2) is 5.78 Å². The van der Waals surface area contributed by atoms with Crippen LogP contribution in [0.15, 0.2) is 18.2 Å². The lowest BCUT2D eigenvalue weighted by molar-refractivity contribution is 0.0979. The van der Waals surface area contributed by atoms with Crippen LogP contribution in [0.4, 0.5) is 0 Å². The predicted molar refractivity (Wildman–Crippen MR) is 68.7 cm³/mol. The zero-order chi connectivity index (χ0) is 11.4. The molecule has 2 atom stereocenters. The molecule has 2 unspecified atom stereocenters. The molecule has 0 amide bonds. The average molecular weight is 222 g/mol. The normalized spacial score (nSPS) is 12.5. The minimum atomic E-state index is 0.278. The summed E-state index contributed by atoms with van der Waals surface area (Å²) in [4.78, 5) is 12.0. The highest BCUT2D eigenvalue weighted by atomic mass is 31.0. The van der Waals surface area contributed by atoms with Gasteiger partial charge in [-0.15, -0.1) is 9.24 Å². The monoisotopic (exact) mass is 222 g/mol. The van der Waals surface area contributed by atoms with Crippen molar-refractivity contribution in [3.63, 3.8) is 0 Å². The number of hydrogen-bond acceptors (Lipinski definition) is 1. The lowest BCUT2D eigenvalue weighted by Gasteiger charge is -2.09. The van der Waals surface area contributed by atoms with Crippen molar-refractivity contribution in [2.24, 2.45) is 0 Å². The fourth-order valence-electron chi connectivity index (χ4n) is 1.74. The van der Waals surface area contributed by atoms with Gasteiger partial charge in [0, 0.05) is 12.0 Å². The Morgan fingerprint density at radius 2 is 1.87 bits per heavy atom. The Labute approximate surface area is 94.5 Å². The number of ketones is 1. The number of benzene rings is 1. The van der Waals surface area contributed by atoms with Gasteiger partial charge in [0.2, 0.25) is 0 Å². The zero-order valence-corrected chi connectivity index (χ0v) is 10.9. The number of carbonyl (C=O) groups excluding carboxylic acids is 1. The molecule has 0 heterocycles. The minimum Gasteiger partial charge on any atom is -0.294 e. The summed E-state index contributed by atoms with van der Waals surface area (Å²) >= 11 is 0. The van der Waals surface area contributed by atoms with E-state index in [2.05, 4.69) is 16.2 Å². The first-order valence-electron chi connectivity index (χ1n) is 5.37. The maximum atomic E-state index is 12.0. The molecule has 82 valence electrons. The molecule has 0 aromatic heterocycles. The van der Waals surface area contributed by atoms with Gasteiger partial charge in [-0.2, -0.15) is 0 Å².